The summed E-state index contributed by atoms with van der Waals surface area (Å²) in [7, 11) is -1.37. The number of rotatable bonds is 4. The van der Waals surface area contributed by atoms with Crippen molar-refractivity contribution in [3.05, 3.63) is 52.9 Å². The summed E-state index contributed by atoms with van der Waals surface area (Å²) in [6, 6.07) is 10.4. The predicted octanol–water partition coefficient (Wildman–Crippen LogP) is 3.03. The molecule has 0 spiro atoms. The van der Waals surface area contributed by atoms with E-state index in [0.29, 0.717) is 4.90 Å². The van der Waals surface area contributed by atoms with Gasteiger partial charge in [0.05, 0.1) is 27.7 Å². The number of furan rings is 1. The van der Waals surface area contributed by atoms with E-state index in [0.717, 1.165) is 4.47 Å². The quantitative estimate of drug-likeness (QED) is 0.815. The van der Waals surface area contributed by atoms with E-state index in [9.17, 15) is 9.00 Å². The van der Waals surface area contributed by atoms with Crippen LogP contribution >= 0.6 is 15.9 Å². The van der Waals surface area contributed by atoms with Crippen molar-refractivity contribution in [2.45, 2.75) is 4.90 Å². The number of hydrogen-bond acceptors (Lipinski definition) is 3. The molecule has 0 N–H and O–H groups in total. The summed E-state index contributed by atoms with van der Waals surface area (Å²) in [5.74, 6) is -0.0923. The van der Waals surface area contributed by atoms with Gasteiger partial charge in [-0.2, -0.15) is 0 Å². The normalized spacial score (nSPS) is 12.3. The fraction of sp³-hybridized carbons (Fsp3) is 0.0833. The summed E-state index contributed by atoms with van der Waals surface area (Å²) < 4.78 is 17.7. The first kappa shape index (κ1) is 12.3. The van der Waals surface area contributed by atoms with Crippen LogP contribution in [-0.4, -0.2) is 15.7 Å². The molecule has 1 atom stereocenters. The van der Waals surface area contributed by atoms with Crippen molar-refractivity contribution < 1.29 is 13.4 Å². The van der Waals surface area contributed by atoms with E-state index >= 15 is 0 Å². The zero-order valence-electron chi connectivity index (χ0n) is 8.76. The molecule has 0 aliphatic carbocycles. The van der Waals surface area contributed by atoms with Crippen molar-refractivity contribution in [1.82, 2.24) is 0 Å². The van der Waals surface area contributed by atoms with E-state index < -0.39 is 10.8 Å². The van der Waals surface area contributed by atoms with Crippen LogP contribution < -0.4 is 0 Å². The summed E-state index contributed by atoms with van der Waals surface area (Å²) in [6.07, 6.45) is 1.43. The van der Waals surface area contributed by atoms with E-state index in [-0.39, 0.29) is 17.3 Å². The second-order valence-electron chi connectivity index (χ2n) is 3.32. The van der Waals surface area contributed by atoms with Crippen LogP contribution in [0.4, 0.5) is 0 Å². The third kappa shape index (κ3) is 2.92. The van der Waals surface area contributed by atoms with Gasteiger partial charge in [-0.05, 0) is 40.2 Å². The van der Waals surface area contributed by atoms with Crippen LogP contribution in [0, 0.1) is 0 Å². The maximum absolute atomic E-state index is 12.0. The molecule has 1 aromatic heterocycles. The minimum absolute atomic E-state index is 0.0733. The third-order valence-corrected chi connectivity index (χ3v) is 4.47. The predicted molar refractivity (Wildman–Crippen MR) is 68.5 cm³/mol. The third-order valence-electron chi connectivity index (χ3n) is 2.14. The smallest absolute Gasteiger partial charge is 0.210 e. The molecule has 0 aliphatic rings. The fourth-order valence-electron chi connectivity index (χ4n) is 1.33. The molecule has 0 fully saturated rings. The Kier molecular flexibility index (Phi) is 3.91. The van der Waals surface area contributed by atoms with Gasteiger partial charge in [-0.3, -0.25) is 9.00 Å². The van der Waals surface area contributed by atoms with Crippen LogP contribution in [-0.2, 0) is 10.8 Å². The minimum atomic E-state index is -1.37. The van der Waals surface area contributed by atoms with Gasteiger partial charge in [0.2, 0.25) is 5.78 Å². The van der Waals surface area contributed by atoms with Gasteiger partial charge in [0.25, 0.3) is 0 Å². The van der Waals surface area contributed by atoms with Crippen LogP contribution in [0.15, 0.2) is 56.4 Å². The number of hydrogen-bond donors (Lipinski definition) is 0. The van der Waals surface area contributed by atoms with Crippen molar-refractivity contribution in [2.75, 3.05) is 5.75 Å². The highest BCUT2D eigenvalue weighted by molar-refractivity contribution is 9.10. The lowest BCUT2D eigenvalue weighted by molar-refractivity contribution is 0.0991. The van der Waals surface area contributed by atoms with E-state index in [1.54, 1.807) is 30.3 Å². The van der Waals surface area contributed by atoms with Crippen LogP contribution in [0.2, 0.25) is 0 Å². The van der Waals surface area contributed by atoms with Gasteiger partial charge in [-0.1, -0.05) is 12.1 Å². The van der Waals surface area contributed by atoms with Gasteiger partial charge in [0, 0.05) is 4.47 Å². The Morgan fingerprint density at radius 3 is 2.65 bits per heavy atom. The van der Waals surface area contributed by atoms with E-state index in [1.807, 2.05) is 6.07 Å². The van der Waals surface area contributed by atoms with Gasteiger partial charge in [-0.25, -0.2) is 0 Å². The maximum atomic E-state index is 12.0. The molecule has 1 aromatic carbocycles. The number of carbonyl (C=O) groups excluding carboxylic acids is 1. The molecule has 2 aromatic rings. The molecule has 0 saturated carbocycles. The number of carbonyl (C=O) groups is 1. The largest absolute Gasteiger partial charge is 0.461 e. The molecule has 0 radical (unpaired) electrons. The lowest BCUT2D eigenvalue weighted by Crippen LogP contribution is -2.10. The molecule has 1 unspecified atom stereocenters. The Balaban J connectivity index is 2.13. The van der Waals surface area contributed by atoms with Crippen molar-refractivity contribution in [3.63, 3.8) is 0 Å². The topological polar surface area (TPSA) is 47.3 Å². The van der Waals surface area contributed by atoms with Gasteiger partial charge in [-0.15, -0.1) is 0 Å². The molecule has 0 amide bonds. The van der Waals surface area contributed by atoms with Crippen molar-refractivity contribution in [2.24, 2.45) is 0 Å². The van der Waals surface area contributed by atoms with Crippen molar-refractivity contribution >= 4 is 32.5 Å². The fourth-order valence-corrected chi connectivity index (χ4v) is 3.21. The minimum Gasteiger partial charge on any atom is -0.461 e. The van der Waals surface area contributed by atoms with Crippen LogP contribution in [0.5, 0.6) is 0 Å². The van der Waals surface area contributed by atoms with Crippen LogP contribution in [0.1, 0.15) is 10.6 Å². The standard InChI is InChI=1S/C12H9BrO3S/c13-9-4-1-2-6-12(9)17(15)8-10(14)11-5-3-7-16-11/h1-7H,8H2. The molecule has 3 nitrogen and oxygen atoms in total. The first-order valence-electron chi connectivity index (χ1n) is 4.88. The second kappa shape index (κ2) is 5.42. The lowest BCUT2D eigenvalue weighted by atomic mass is 10.3. The number of halogens is 1. The first-order chi connectivity index (χ1) is 8.18. The molecule has 1 heterocycles. The molecular weight excluding hydrogens is 304 g/mol. The second-order valence-corrected chi connectivity index (χ2v) is 5.59. The Hall–Kier alpha value is -1.20. The Labute approximate surface area is 109 Å². The van der Waals surface area contributed by atoms with E-state index in [1.165, 1.54) is 6.26 Å². The van der Waals surface area contributed by atoms with E-state index in [4.69, 9.17) is 4.42 Å². The molecular formula is C12H9BrO3S. The number of Topliss-reactive ketones (excluding diaryl/α,β-unsaturated/α-hetero) is 1. The van der Waals surface area contributed by atoms with Crippen LogP contribution in [0.25, 0.3) is 0 Å². The summed E-state index contributed by atoms with van der Waals surface area (Å²) in [6.45, 7) is 0. The molecule has 17 heavy (non-hydrogen) atoms. The molecule has 0 saturated heterocycles. The average Bonchev–Trinajstić information content (AvgIpc) is 2.82. The highest BCUT2D eigenvalue weighted by Crippen LogP contribution is 2.20. The molecule has 2 rings (SSSR count). The summed E-state index contributed by atoms with van der Waals surface area (Å²) in [4.78, 5) is 12.3. The van der Waals surface area contributed by atoms with Gasteiger partial charge >= 0.3 is 0 Å². The Morgan fingerprint density at radius 2 is 2.00 bits per heavy atom. The zero-order chi connectivity index (χ0) is 12.3. The highest BCUT2D eigenvalue weighted by Gasteiger charge is 2.15. The van der Waals surface area contributed by atoms with Crippen LogP contribution in [0.3, 0.4) is 0 Å². The molecule has 5 heteroatoms. The van der Waals surface area contributed by atoms with Gasteiger partial charge in [0.1, 0.15) is 0 Å². The van der Waals surface area contributed by atoms with Crippen molar-refractivity contribution in [3.8, 4) is 0 Å². The lowest BCUT2D eigenvalue weighted by Gasteiger charge is -2.02. The monoisotopic (exact) mass is 312 g/mol. The molecule has 0 bridgehead atoms. The summed E-state index contributed by atoms with van der Waals surface area (Å²) in [5, 5.41) is 0. The van der Waals surface area contributed by atoms with E-state index in [2.05, 4.69) is 15.9 Å². The first-order valence-corrected chi connectivity index (χ1v) is 6.99. The van der Waals surface area contributed by atoms with Crippen molar-refractivity contribution in [1.29, 1.82) is 0 Å². The number of benzene rings is 1. The maximum Gasteiger partial charge on any atom is 0.210 e. The highest BCUT2D eigenvalue weighted by atomic mass is 79.9. The Morgan fingerprint density at radius 1 is 1.24 bits per heavy atom. The number of ketones is 1. The molecule has 0 aliphatic heterocycles. The van der Waals surface area contributed by atoms with Gasteiger partial charge in [0.15, 0.2) is 5.76 Å². The SMILES string of the molecule is O=C(CS(=O)c1ccccc1Br)c1ccco1. The summed E-state index contributed by atoms with van der Waals surface area (Å²) in [5.41, 5.74) is 0. The Bertz CT molecular complexity index is 549. The molecule has 88 valence electrons. The zero-order valence-corrected chi connectivity index (χ0v) is 11.2. The summed E-state index contributed by atoms with van der Waals surface area (Å²) >= 11 is 3.31. The van der Waals surface area contributed by atoms with Gasteiger partial charge < -0.3 is 4.42 Å². The average molecular weight is 313 g/mol.